The smallest absolute Gasteiger partial charge is 0.172 e. The number of rotatable bonds is 10. The first kappa shape index (κ1) is 39.9. The summed E-state index contributed by atoms with van der Waals surface area (Å²) in [6, 6.07) is 66.5. The summed E-state index contributed by atoms with van der Waals surface area (Å²) in [7, 11) is -7.37. The second kappa shape index (κ2) is 16.7. The first-order valence-electron chi connectivity index (χ1n) is 21.6. The molecule has 6 heteroatoms. The highest BCUT2D eigenvalue weighted by molar-refractivity contribution is 14.2. The van der Waals surface area contributed by atoms with Crippen molar-refractivity contribution in [2.45, 2.75) is 25.7 Å². The highest BCUT2D eigenvalue weighted by Gasteiger charge is 2.36. The van der Waals surface area contributed by atoms with E-state index in [2.05, 4.69) is 136 Å². The molecule has 63 heavy (non-hydrogen) atoms. The normalized spacial score (nSPS) is 14.4. The van der Waals surface area contributed by atoms with Gasteiger partial charge in [-0.1, -0.05) is 201 Å². The fourth-order valence-electron chi connectivity index (χ4n) is 9.56. The maximum absolute atomic E-state index is 17.4. The van der Waals surface area contributed by atoms with Crippen molar-refractivity contribution < 1.29 is 9.13 Å². The molecule has 0 amide bonds. The third kappa shape index (κ3) is 7.00. The van der Waals surface area contributed by atoms with E-state index < -0.39 is 14.3 Å². The molecule has 0 saturated carbocycles. The molecule has 0 fully saturated rings. The number of halogens is 1. The molecule has 0 aliphatic carbocycles. The van der Waals surface area contributed by atoms with Crippen LogP contribution < -0.4 is 26.5 Å². The summed E-state index contributed by atoms with van der Waals surface area (Å²) >= 11 is -0.0568. The molecule has 3 nitrogen and oxygen atoms in total. The van der Waals surface area contributed by atoms with Gasteiger partial charge in [0.15, 0.2) is 14.3 Å². The molecule has 0 spiro atoms. The quantitative estimate of drug-likeness (QED) is 0.101. The van der Waals surface area contributed by atoms with E-state index in [4.69, 9.17) is 0 Å². The first-order valence-corrected chi connectivity index (χ1v) is 27.4. The molecular formula is C57H44INO2P2. The minimum Gasteiger partial charge on any atom is -0.309 e. The van der Waals surface area contributed by atoms with Crippen LogP contribution in [-0.4, -0.2) is 8.58 Å². The van der Waals surface area contributed by atoms with Gasteiger partial charge in [0.05, 0.1) is 11.0 Å². The zero-order valence-electron chi connectivity index (χ0n) is 34.6. The van der Waals surface area contributed by atoms with Crippen molar-refractivity contribution >= 4 is 120 Å². The fourth-order valence-corrected chi connectivity index (χ4v) is 17.8. The van der Waals surface area contributed by atoms with E-state index in [0.717, 1.165) is 95.0 Å². The number of para-hydroxylation sites is 2. The average molecular weight is 964 g/mol. The van der Waals surface area contributed by atoms with Crippen LogP contribution in [0.25, 0.3) is 59.8 Å². The first-order chi connectivity index (χ1) is 31.0. The SMILES string of the molecule is O=P(/C=C/CCC1=CCCC=I1)(c1cc(-n2c3ccccc3c3ccccc32)cc(P(=O)(c2cccc3ccccc23)c2cccc3ccccc23)c1)c1cccc2ccccc12. The molecule has 2 heterocycles. The van der Waals surface area contributed by atoms with Crippen molar-refractivity contribution in [3.05, 3.63) is 216 Å². The van der Waals surface area contributed by atoms with Gasteiger partial charge in [0, 0.05) is 43.0 Å². The van der Waals surface area contributed by atoms with Crippen LogP contribution in [0, 0.1) is 0 Å². The third-order valence-electron chi connectivity index (χ3n) is 12.5. The molecule has 306 valence electrons. The van der Waals surface area contributed by atoms with Crippen LogP contribution in [0.2, 0.25) is 0 Å². The van der Waals surface area contributed by atoms with Gasteiger partial charge in [-0.05, 0) is 97.7 Å². The Kier molecular flexibility index (Phi) is 10.6. The average Bonchev–Trinajstić information content (AvgIpc) is 3.69. The van der Waals surface area contributed by atoms with Gasteiger partial charge in [0.2, 0.25) is 0 Å². The minimum absolute atomic E-state index is 0.0568. The number of aromatic nitrogens is 1. The molecule has 9 aromatic carbocycles. The molecule has 1 aliphatic heterocycles. The van der Waals surface area contributed by atoms with Gasteiger partial charge in [-0.3, -0.25) is 0 Å². The lowest BCUT2D eigenvalue weighted by Crippen LogP contribution is -2.29. The minimum atomic E-state index is -3.77. The Labute approximate surface area is 377 Å². The standard InChI is InChI=1S/C57H44INO2P2/c60-62(37-14-12-25-44-24-11-13-36-58-44,55-33-15-21-41-18-1-4-26-48(41)55)46-38-45(59-53-31-9-7-29-51(53)52-30-8-10-32-54(52)59)39-47(40-46)63(61,56-34-16-22-42-19-2-5-27-49(42)56)57-35-17-23-43-20-3-6-28-50(43)57/h1-10,14-24,26-40H,11-13,25H2/b37-14+. The summed E-state index contributed by atoms with van der Waals surface area (Å²) in [5, 5.41) is 11.8. The monoisotopic (exact) mass is 963 g/mol. The molecule has 1 atom stereocenters. The van der Waals surface area contributed by atoms with E-state index in [0.29, 0.717) is 10.6 Å². The van der Waals surface area contributed by atoms with Gasteiger partial charge in [-0.2, -0.15) is 0 Å². The molecule has 0 radical (unpaired) electrons. The Hall–Kier alpha value is -5.90. The van der Waals surface area contributed by atoms with E-state index in [-0.39, 0.29) is 20.7 Å². The number of nitrogens with zero attached hydrogens (tertiary/aromatic N) is 1. The zero-order chi connectivity index (χ0) is 42.4. The Bertz CT molecular complexity index is 3460. The maximum atomic E-state index is 17.4. The van der Waals surface area contributed by atoms with Crippen LogP contribution in [-0.2, 0) is 9.13 Å². The van der Waals surface area contributed by atoms with Gasteiger partial charge in [-0.15, -0.1) is 0 Å². The molecule has 1 aliphatic rings. The summed E-state index contributed by atoms with van der Waals surface area (Å²) in [5.74, 6) is 2.01. The van der Waals surface area contributed by atoms with E-state index >= 15 is 9.13 Å². The maximum Gasteiger partial charge on any atom is 0.172 e. The second-order valence-electron chi connectivity index (χ2n) is 16.3. The summed E-state index contributed by atoms with van der Waals surface area (Å²) in [6.45, 7) is 0. The fraction of sp³-hybridized carbons (Fsp3) is 0.0702. The number of benzene rings is 9. The molecule has 10 aromatic rings. The van der Waals surface area contributed by atoms with Crippen LogP contribution in [0.15, 0.2) is 216 Å². The zero-order valence-corrected chi connectivity index (χ0v) is 38.6. The predicted molar refractivity (Wildman–Crippen MR) is 282 cm³/mol. The molecule has 11 rings (SSSR count). The van der Waals surface area contributed by atoms with Gasteiger partial charge in [0.1, 0.15) is 0 Å². The molecule has 0 bridgehead atoms. The number of hydrogen-bond acceptors (Lipinski definition) is 2. The van der Waals surface area contributed by atoms with E-state index in [1.807, 2.05) is 84.7 Å². The summed E-state index contributed by atoms with van der Waals surface area (Å²) in [6.07, 6.45) is 8.64. The number of fused-ring (bicyclic) bond motifs is 6. The summed E-state index contributed by atoms with van der Waals surface area (Å²) in [4.78, 5) is 0. The van der Waals surface area contributed by atoms with Crippen molar-refractivity contribution in [3.8, 4) is 5.69 Å². The van der Waals surface area contributed by atoms with Gasteiger partial charge >= 0.3 is 0 Å². The molecule has 0 N–H and O–H groups in total. The molecule has 1 aromatic heterocycles. The second-order valence-corrected chi connectivity index (χ2v) is 24.5. The highest BCUT2D eigenvalue weighted by atomic mass is 127. The van der Waals surface area contributed by atoms with Crippen LogP contribution in [0.5, 0.6) is 0 Å². The van der Waals surface area contributed by atoms with E-state index in [9.17, 15) is 0 Å². The van der Waals surface area contributed by atoms with Crippen molar-refractivity contribution in [1.82, 2.24) is 4.57 Å². The van der Waals surface area contributed by atoms with Crippen molar-refractivity contribution in [2.75, 3.05) is 0 Å². The van der Waals surface area contributed by atoms with E-state index in [1.54, 1.807) is 3.58 Å². The summed E-state index contributed by atoms with van der Waals surface area (Å²) < 4.78 is 40.6. The van der Waals surface area contributed by atoms with Crippen LogP contribution in [0.3, 0.4) is 0 Å². The van der Waals surface area contributed by atoms with Crippen molar-refractivity contribution in [1.29, 1.82) is 0 Å². The Morgan fingerprint density at radius 2 is 0.968 bits per heavy atom. The number of hydrogen-bond donors (Lipinski definition) is 0. The van der Waals surface area contributed by atoms with Crippen LogP contribution in [0.4, 0.5) is 0 Å². The van der Waals surface area contributed by atoms with Gasteiger partial charge in [-0.25, -0.2) is 0 Å². The lowest BCUT2D eigenvalue weighted by molar-refractivity contribution is 0.592. The summed E-state index contributed by atoms with van der Waals surface area (Å²) in [5.41, 5.74) is 2.88. The highest BCUT2D eigenvalue weighted by Crippen LogP contribution is 2.51. The van der Waals surface area contributed by atoms with Crippen LogP contribution in [0.1, 0.15) is 25.7 Å². The molecule has 1 unspecified atom stereocenters. The lowest BCUT2D eigenvalue weighted by Gasteiger charge is -2.26. The lowest BCUT2D eigenvalue weighted by atomic mass is 10.1. The predicted octanol–water partition coefficient (Wildman–Crippen LogP) is 13.9. The van der Waals surface area contributed by atoms with Gasteiger partial charge < -0.3 is 13.7 Å². The largest absolute Gasteiger partial charge is 0.309 e. The van der Waals surface area contributed by atoms with Gasteiger partial charge in [0.25, 0.3) is 0 Å². The Morgan fingerprint density at radius 3 is 1.52 bits per heavy atom. The Morgan fingerprint density at radius 1 is 0.492 bits per heavy atom. The van der Waals surface area contributed by atoms with Crippen molar-refractivity contribution in [3.63, 3.8) is 0 Å². The topological polar surface area (TPSA) is 39.1 Å². The third-order valence-corrected chi connectivity index (χ3v) is 21.3. The molecule has 0 saturated heterocycles. The van der Waals surface area contributed by atoms with Crippen molar-refractivity contribution in [2.24, 2.45) is 0 Å². The van der Waals surface area contributed by atoms with Crippen LogP contribution >= 0.6 is 35.0 Å². The molecular weight excluding hydrogens is 919 g/mol. The Balaban J connectivity index is 1.26. The number of allylic oxidation sites excluding steroid dienone is 3. The van der Waals surface area contributed by atoms with E-state index in [1.165, 1.54) is 6.42 Å².